The molecule has 0 amide bonds. The van der Waals surface area contributed by atoms with E-state index in [1.807, 2.05) is 12.1 Å². The normalized spacial score (nSPS) is 11.3. The molecule has 0 aliphatic rings. The zero-order valence-corrected chi connectivity index (χ0v) is 14.7. The van der Waals surface area contributed by atoms with E-state index in [9.17, 15) is 9.90 Å². The van der Waals surface area contributed by atoms with Crippen molar-refractivity contribution in [3.8, 4) is 5.75 Å². The second-order valence-corrected chi connectivity index (χ2v) is 5.99. The van der Waals surface area contributed by atoms with Crippen LogP contribution >= 0.6 is 15.9 Å². The number of likely N-dealkylation sites (N-methyl/N-ethyl adjacent to an activating group) is 1. The average molecular weight is 369 g/mol. The number of halogens is 1. The standard InChI is InChI=1S/C16H21BrN2O3/c1-4-18(5-2)8-9-22-15-11(3)19(16(20)21)14-7-6-12(17)10-13(14)15/h6-7,10H,4-5,8-9H2,1-3H3,(H,20,21). The predicted octanol–water partition coefficient (Wildman–Crippen LogP) is 3.96. The Morgan fingerprint density at radius 2 is 2.05 bits per heavy atom. The summed E-state index contributed by atoms with van der Waals surface area (Å²) in [5.41, 5.74) is 1.26. The first kappa shape index (κ1) is 16.8. The largest absolute Gasteiger partial charge is 0.490 e. The number of benzene rings is 1. The predicted molar refractivity (Wildman–Crippen MR) is 91.1 cm³/mol. The summed E-state index contributed by atoms with van der Waals surface area (Å²) < 4.78 is 8.09. The molecule has 0 bridgehead atoms. The van der Waals surface area contributed by atoms with Crippen LogP contribution in [0, 0.1) is 6.92 Å². The topological polar surface area (TPSA) is 54.7 Å². The molecule has 0 unspecified atom stereocenters. The molecule has 0 saturated heterocycles. The molecule has 5 nitrogen and oxygen atoms in total. The van der Waals surface area contributed by atoms with Crippen LogP contribution in [-0.2, 0) is 0 Å². The molecule has 0 radical (unpaired) electrons. The molecular weight excluding hydrogens is 348 g/mol. The zero-order chi connectivity index (χ0) is 16.3. The fourth-order valence-corrected chi connectivity index (χ4v) is 2.97. The monoisotopic (exact) mass is 368 g/mol. The number of hydrogen-bond acceptors (Lipinski definition) is 3. The molecule has 1 aromatic carbocycles. The van der Waals surface area contributed by atoms with E-state index >= 15 is 0 Å². The van der Waals surface area contributed by atoms with Crippen molar-refractivity contribution in [1.82, 2.24) is 9.47 Å². The average Bonchev–Trinajstić information content (AvgIpc) is 2.75. The van der Waals surface area contributed by atoms with Crippen LogP contribution in [0.5, 0.6) is 5.75 Å². The fraction of sp³-hybridized carbons (Fsp3) is 0.438. The highest BCUT2D eigenvalue weighted by molar-refractivity contribution is 9.10. The van der Waals surface area contributed by atoms with Gasteiger partial charge in [0.15, 0.2) is 0 Å². The van der Waals surface area contributed by atoms with E-state index in [0.717, 1.165) is 29.5 Å². The van der Waals surface area contributed by atoms with Crippen LogP contribution in [0.25, 0.3) is 10.9 Å². The quantitative estimate of drug-likeness (QED) is 0.838. The molecule has 0 saturated carbocycles. The summed E-state index contributed by atoms with van der Waals surface area (Å²) in [7, 11) is 0. The summed E-state index contributed by atoms with van der Waals surface area (Å²) in [6, 6.07) is 5.52. The van der Waals surface area contributed by atoms with Gasteiger partial charge in [-0.2, -0.15) is 0 Å². The third kappa shape index (κ3) is 3.28. The lowest BCUT2D eigenvalue weighted by molar-refractivity contribution is 0.196. The van der Waals surface area contributed by atoms with Gasteiger partial charge in [-0.15, -0.1) is 0 Å². The number of carbonyl (C=O) groups is 1. The molecule has 0 aliphatic carbocycles. The molecule has 0 aliphatic heterocycles. The molecule has 22 heavy (non-hydrogen) atoms. The third-order valence-corrected chi connectivity index (χ3v) is 4.34. The minimum atomic E-state index is -0.997. The van der Waals surface area contributed by atoms with Crippen LogP contribution in [0.3, 0.4) is 0 Å². The molecule has 1 aromatic heterocycles. The lowest BCUT2D eigenvalue weighted by Crippen LogP contribution is -2.28. The lowest BCUT2D eigenvalue weighted by atomic mass is 10.2. The van der Waals surface area contributed by atoms with Crippen molar-refractivity contribution >= 4 is 32.9 Å². The molecule has 0 spiro atoms. The number of aromatic nitrogens is 1. The Balaban J connectivity index is 2.34. The molecule has 6 heteroatoms. The van der Waals surface area contributed by atoms with E-state index in [1.165, 1.54) is 4.57 Å². The first-order valence-corrected chi connectivity index (χ1v) is 8.17. The summed E-state index contributed by atoms with van der Waals surface area (Å²) in [6.07, 6.45) is -0.997. The highest BCUT2D eigenvalue weighted by Gasteiger charge is 2.19. The van der Waals surface area contributed by atoms with Gasteiger partial charge in [0.25, 0.3) is 0 Å². The van der Waals surface area contributed by atoms with E-state index < -0.39 is 6.09 Å². The van der Waals surface area contributed by atoms with Gasteiger partial charge in [-0.3, -0.25) is 0 Å². The van der Waals surface area contributed by atoms with Gasteiger partial charge in [0.2, 0.25) is 0 Å². The first-order chi connectivity index (χ1) is 10.5. The van der Waals surface area contributed by atoms with Gasteiger partial charge >= 0.3 is 6.09 Å². The highest BCUT2D eigenvalue weighted by Crippen LogP contribution is 2.34. The molecular formula is C16H21BrN2O3. The number of rotatable bonds is 6. The van der Waals surface area contributed by atoms with Crippen molar-refractivity contribution in [2.75, 3.05) is 26.2 Å². The summed E-state index contributed by atoms with van der Waals surface area (Å²) in [4.78, 5) is 13.8. The van der Waals surface area contributed by atoms with Crippen LogP contribution < -0.4 is 4.74 Å². The minimum Gasteiger partial charge on any atom is -0.490 e. The smallest absolute Gasteiger partial charge is 0.416 e. The maximum Gasteiger partial charge on any atom is 0.416 e. The maximum absolute atomic E-state index is 11.5. The Morgan fingerprint density at radius 1 is 1.36 bits per heavy atom. The van der Waals surface area contributed by atoms with Gasteiger partial charge in [-0.25, -0.2) is 9.36 Å². The Bertz CT molecular complexity index is 678. The van der Waals surface area contributed by atoms with Crippen molar-refractivity contribution in [2.45, 2.75) is 20.8 Å². The highest BCUT2D eigenvalue weighted by atomic mass is 79.9. The Hall–Kier alpha value is -1.53. The Kier molecular flexibility index (Phi) is 5.47. The SMILES string of the molecule is CCN(CC)CCOc1c(C)n(C(=O)O)c2ccc(Br)cc12. The molecule has 2 rings (SSSR count). The van der Waals surface area contributed by atoms with Crippen LogP contribution in [0.15, 0.2) is 22.7 Å². The number of nitrogens with zero attached hydrogens (tertiary/aromatic N) is 2. The van der Waals surface area contributed by atoms with E-state index in [1.54, 1.807) is 13.0 Å². The second-order valence-electron chi connectivity index (χ2n) is 5.07. The number of fused-ring (bicyclic) bond motifs is 1. The van der Waals surface area contributed by atoms with Crippen molar-refractivity contribution in [2.24, 2.45) is 0 Å². The van der Waals surface area contributed by atoms with Crippen LogP contribution in [0.4, 0.5) is 4.79 Å². The summed E-state index contributed by atoms with van der Waals surface area (Å²) in [5.74, 6) is 0.644. The second kappa shape index (κ2) is 7.15. The van der Waals surface area contributed by atoms with Gasteiger partial charge in [0.05, 0.1) is 11.2 Å². The van der Waals surface area contributed by atoms with Crippen LogP contribution in [-0.4, -0.2) is 46.9 Å². The van der Waals surface area contributed by atoms with Crippen molar-refractivity contribution in [3.63, 3.8) is 0 Å². The maximum atomic E-state index is 11.5. The summed E-state index contributed by atoms with van der Waals surface area (Å²) in [6.45, 7) is 9.30. The number of hydrogen-bond donors (Lipinski definition) is 1. The first-order valence-electron chi connectivity index (χ1n) is 7.38. The molecule has 0 atom stereocenters. The van der Waals surface area contributed by atoms with Gasteiger partial charge in [-0.1, -0.05) is 29.8 Å². The van der Waals surface area contributed by atoms with E-state index in [2.05, 4.69) is 34.7 Å². The summed E-state index contributed by atoms with van der Waals surface area (Å²) >= 11 is 3.43. The lowest BCUT2D eigenvalue weighted by Gasteiger charge is -2.18. The van der Waals surface area contributed by atoms with Crippen LogP contribution in [0.2, 0.25) is 0 Å². The van der Waals surface area contributed by atoms with Crippen molar-refractivity contribution in [1.29, 1.82) is 0 Å². The molecule has 120 valence electrons. The minimum absolute atomic E-state index is 0.535. The molecule has 2 aromatic rings. The van der Waals surface area contributed by atoms with Gasteiger partial charge in [0.1, 0.15) is 12.4 Å². The molecule has 1 heterocycles. The van der Waals surface area contributed by atoms with Gasteiger partial charge < -0.3 is 14.7 Å². The summed E-state index contributed by atoms with van der Waals surface area (Å²) in [5, 5.41) is 10.2. The van der Waals surface area contributed by atoms with Crippen molar-refractivity contribution < 1.29 is 14.6 Å². The van der Waals surface area contributed by atoms with Gasteiger partial charge in [-0.05, 0) is 38.2 Å². The van der Waals surface area contributed by atoms with Crippen LogP contribution in [0.1, 0.15) is 19.5 Å². The Labute approximate surface area is 138 Å². The number of carboxylic acid groups (broad SMARTS) is 1. The van der Waals surface area contributed by atoms with E-state index in [0.29, 0.717) is 23.6 Å². The molecule has 0 fully saturated rings. The Morgan fingerprint density at radius 3 is 2.64 bits per heavy atom. The fourth-order valence-electron chi connectivity index (χ4n) is 2.61. The van der Waals surface area contributed by atoms with Crippen molar-refractivity contribution in [3.05, 3.63) is 28.4 Å². The molecule has 1 N–H and O–H groups in total. The number of ether oxygens (including phenoxy) is 1. The van der Waals surface area contributed by atoms with E-state index in [4.69, 9.17) is 4.74 Å². The zero-order valence-electron chi connectivity index (χ0n) is 13.1. The van der Waals surface area contributed by atoms with E-state index in [-0.39, 0.29) is 0 Å². The van der Waals surface area contributed by atoms with Gasteiger partial charge in [0, 0.05) is 16.4 Å². The third-order valence-electron chi connectivity index (χ3n) is 3.85.